The van der Waals surface area contributed by atoms with E-state index >= 15 is 0 Å². The number of nitrogens with zero attached hydrogens (tertiary/aromatic N) is 3. The lowest BCUT2D eigenvalue weighted by molar-refractivity contribution is 0.122. The van der Waals surface area contributed by atoms with Crippen LogP contribution in [-0.2, 0) is 11.3 Å². The van der Waals surface area contributed by atoms with Crippen LogP contribution >= 0.6 is 0 Å². The summed E-state index contributed by atoms with van der Waals surface area (Å²) in [5, 5.41) is 3.21. The third-order valence-corrected chi connectivity index (χ3v) is 3.93. The fourth-order valence-electron chi connectivity index (χ4n) is 2.69. The molecule has 0 radical (unpaired) electrons. The van der Waals surface area contributed by atoms with Crippen LogP contribution in [0, 0.1) is 13.8 Å². The molecule has 2 N–H and O–H groups in total. The van der Waals surface area contributed by atoms with Gasteiger partial charge in [-0.15, -0.1) is 0 Å². The van der Waals surface area contributed by atoms with Crippen LogP contribution in [0.5, 0.6) is 0 Å². The number of aryl methyl sites for hydroxylation is 2. The Kier molecular flexibility index (Phi) is 4.57. The van der Waals surface area contributed by atoms with Crippen LogP contribution in [0.3, 0.4) is 0 Å². The first kappa shape index (κ1) is 15.5. The molecule has 2 aromatic rings. The van der Waals surface area contributed by atoms with E-state index in [-0.39, 0.29) is 5.56 Å². The Hall–Kier alpha value is -2.41. The predicted molar refractivity (Wildman–Crippen MR) is 88.9 cm³/mol. The number of anilines is 2. The number of ether oxygens (including phenoxy) is 1. The van der Waals surface area contributed by atoms with Gasteiger partial charge >= 0.3 is 0 Å². The molecule has 2 aromatic heterocycles. The van der Waals surface area contributed by atoms with Crippen molar-refractivity contribution in [3.63, 3.8) is 0 Å². The van der Waals surface area contributed by atoms with Gasteiger partial charge in [0.05, 0.1) is 13.2 Å². The number of hydrogen-bond donors (Lipinski definition) is 2. The molecule has 1 aliphatic rings. The maximum Gasteiger partial charge on any atom is 0.253 e. The largest absolute Gasteiger partial charge is 0.378 e. The predicted octanol–water partition coefficient (Wildman–Crippen LogP) is 1.23. The molecule has 0 amide bonds. The number of pyridine rings is 1. The van der Waals surface area contributed by atoms with Crippen molar-refractivity contribution in [1.82, 2.24) is 15.0 Å². The topological polar surface area (TPSA) is 83.1 Å². The van der Waals surface area contributed by atoms with E-state index in [0.717, 1.165) is 35.7 Å². The number of morpholine rings is 1. The van der Waals surface area contributed by atoms with Gasteiger partial charge in [0.1, 0.15) is 18.0 Å². The molecule has 122 valence electrons. The van der Waals surface area contributed by atoms with Crippen LogP contribution in [0.2, 0.25) is 0 Å². The van der Waals surface area contributed by atoms with Gasteiger partial charge in [0.2, 0.25) is 0 Å². The molecule has 1 saturated heterocycles. The second-order valence-electron chi connectivity index (χ2n) is 5.66. The van der Waals surface area contributed by atoms with Crippen molar-refractivity contribution in [2.75, 3.05) is 36.5 Å². The zero-order chi connectivity index (χ0) is 16.2. The molecule has 7 nitrogen and oxygen atoms in total. The molecule has 3 rings (SSSR count). The minimum atomic E-state index is -0.0579. The van der Waals surface area contributed by atoms with Crippen LogP contribution in [-0.4, -0.2) is 41.3 Å². The smallest absolute Gasteiger partial charge is 0.253 e. The van der Waals surface area contributed by atoms with Gasteiger partial charge in [-0.1, -0.05) is 0 Å². The maximum absolute atomic E-state index is 12.0. The first-order chi connectivity index (χ1) is 11.1. The van der Waals surface area contributed by atoms with E-state index in [0.29, 0.717) is 25.6 Å². The molecule has 1 fully saturated rings. The fourth-order valence-corrected chi connectivity index (χ4v) is 2.69. The number of aromatic nitrogens is 3. The molecule has 0 unspecified atom stereocenters. The second-order valence-corrected chi connectivity index (χ2v) is 5.66. The number of hydrogen-bond acceptors (Lipinski definition) is 6. The van der Waals surface area contributed by atoms with Gasteiger partial charge in [0.25, 0.3) is 5.56 Å². The normalized spacial score (nSPS) is 14.8. The molecule has 0 bridgehead atoms. The summed E-state index contributed by atoms with van der Waals surface area (Å²) in [7, 11) is 0. The van der Waals surface area contributed by atoms with E-state index < -0.39 is 0 Å². The van der Waals surface area contributed by atoms with Crippen LogP contribution < -0.4 is 15.8 Å². The first-order valence-corrected chi connectivity index (χ1v) is 7.71. The third-order valence-electron chi connectivity index (χ3n) is 3.93. The molecule has 0 aliphatic carbocycles. The maximum atomic E-state index is 12.0. The highest BCUT2D eigenvalue weighted by Gasteiger charge is 2.13. The van der Waals surface area contributed by atoms with Crippen molar-refractivity contribution in [2.24, 2.45) is 0 Å². The minimum absolute atomic E-state index is 0.0579. The molecule has 7 heteroatoms. The highest BCUT2D eigenvalue weighted by molar-refractivity contribution is 5.49. The summed E-state index contributed by atoms with van der Waals surface area (Å²) in [6.07, 6.45) is 1.54. The van der Waals surface area contributed by atoms with Crippen molar-refractivity contribution >= 4 is 11.6 Å². The second kappa shape index (κ2) is 6.78. The molecule has 0 aromatic carbocycles. The molecule has 3 heterocycles. The lowest BCUT2D eigenvalue weighted by Gasteiger charge is -2.27. The number of nitrogens with one attached hydrogen (secondary N) is 2. The third kappa shape index (κ3) is 3.68. The summed E-state index contributed by atoms with van der Waals surface area (Å²) >= 11 is 0. The zero-order valence-corrected chi connectivity index (χ0v) is 13.4. The van der Waals surface area contributed by atoms with Gasteiger partial charge < -0.3 is 19.9 Å². The Morgan fingerprint density at radius 2 is 2.04 bits per heavy atom. The SMILES string of the molecule is Cc1cc(C)c(CNc2cc(N3CCOCC3)ncn2)c(=O)[nH]1. The van der Waals surface area contributed by atoms with E-state index in [1.165, 1.54) is 0 Å². The molecule has 0 spiro atoms. The van der Waals surface area contributed by atoms with Gasteiger partial charge in [-0.3, -0.25) is 4.79 Å². The quantitative estimate of drug-likeness (QED) is 0.883. The number of H-pyrrole nitrogens is 1. The molecule has 23 heavy (non-hydrogen) atoms. The van der Waals surface area contributed by atoms with Gasteiger partial charge in [-0.05, 0) is 25.5 Å². The van der Waals surface area contributed by atoms with Crippen molar-refractivity contribution < 1.29 is 4.74 Å². The lowest BCUT2D eigenvalue weighted by Crippen LogP contribution is -2.36. The summed E-state index contributed by atoms with van der Waals surface area (Å²) in [6.45, 7) is 7.33. The van der Waals surface area contributed by atoms with Crippen molar-refractivity contribution in [3.05, 3.63) is 45.6 Å². The monoisotopic (exact) mass is 315 g/mol. The summed E-state index contributed by atoms with van der Waals surface area (Å²) < 4.78 is 5.35. The van der Waals surface area contributed by atoms with E-state index in [2.05, 4.69) is 25.2 Å². The van der Waals surface area contributed by atoms with Crippen LogP contribution in [0.15, 0.2) is 23.3 Å². The van der Waals surface area contributed by atoms with E-state index in [4.69, 9.17) is 4.74 Å². The Morgan fingerprint density at radius 3 is 2.78 bits per heavy atom. The molecule has 1 aliphatic heterocycles. The Balaban J connectivity index is 1.72. The molecular weight excluding hydrogens is 294 g/mol. The zero-order valence-electron chi connectivity index (χ0n) is 13.4. The van der Waals surface area contributed by atoms with E-state index in [9.17, 15) is 4.79 Å². The number of rotatable bonds is 4. The van der Waals surface area contributed by atoms with Crippen LogP contribution in [0.1, 0.15) is 16.8 Å². The van der Waals surface area contributed by atoms with Crippen molar-refractivity contribution in [1.29, 1.82) is 0 Å². The number of aromatic amines is 1. The van der Waals surface area contributed by atoms with Crippen molar-refractivity contribution in [2.45, 2.75) is 20.4 Å². The Morgan fingerprint density at radius 1 is 1.26 bits per heavy atom. The van der Waals surface area contributed by atoms with Crippen molar-refractivity contribution in [3.8, 4) is 0 Å². The minimum Gasteiger partial charge on any atom is -0.378 e. The molecular formula is C16H21N5O2. The molecule has 0 atom stereocenters. The van der Waals surface area contributed by atoms with Crippen LogP contribution in [0.4, 0.5) is 11.6 Å². The fraction of sp³-hybridized carbons (Fsp3) is 0.438. The van der Waals surface area contributed by atoms with Gasteiger partial charge in [0, 0.05) is 37.0 Å². The van der Waals surface area contributed by atoms with Gasteiger partial charge in [0.15, 0.2) is 0 Å². The Labute approximate surface area is 134 Å². The standard InChI is InChI=1S/C16H21N5O2/c1-11-7-12(2)20-16(22)13(11)9-17-14-8-15(19-10-18-14)21-3-5-23-6-4-21/h7-8,10H,3-6,9H2,1-2H3,(H,20,22)(H,17,18,19). The Bertz CT molecular complexity index is 737. The van der Waals surface area contributed by atoms with Crippen LogP contribution in [0.25, 0.3) is 0 Å². The van der Waals surface area contributed by atoms with Gasteiger partial charge in [-0.2, -0.15) is 0 Å². The lowest BCUT2D eigenvalue weighted by atomic mass is 10.1. The van der Waals surface area contributed by atoms with E-state index in [1.54, 1.807) is 6.33 Å². The highest BCUT2D eigenvalue weighted by atomic mass is 16.5. The summed E-state index contributed by atoms with van der Waals surface area (Å²) in [5.41, 5.74) is 2.51. The van der Waals surface area contributed by atoms with Gasteiger partial charge in [-0.25, -0.2) is 9.97 Å². The summed E-state index contributed by atoms with van der Waals surface area (Å²) in [5.74, 6) is 1.58. The average Bonchev–Trinajstić information content (AvgIpc) is 2.55. The average molecular weight is 315 g/mol. The first-order valence-electron chi connectivity index (χ1n) is 7.71. The summed E-state index contributed by atoms with van der Waals surface area (Å²) in [6, 6.07) is 3.88. The highest BCUT2D eigenvalue weighted by Crippen LogP contribution is 2.16. The molecule has 0 saturated carbocycles. The summed E-state index contributed by atoms with van der Waals surface area (Å²) in [4.78, 5) is 25.6. The van der Waals surface area contributed by atoms with E-state index in [1.807, 2.05) is 26.0 Å².